The van der Waals surface area contributed by atoms with Gasteiger partial charge in [0.15, 0.2) is 0 Å². The summed E-state index contributed by atoms with van der Waals surface area (Å²) in [5, 5.41) is 24.0. The Morgan fingerprint density at radius 3 is 2.79 bits per heavy atom. The Morgan fingerprint density at radius 1 is 1.31 bits per heavy atom. The Hall–Kier alpha value is -2.81. The molecule has 7 nitrogen and oxygen atoms in total. The van der Waals surface area contributed by atoms with E-state index in [1.54, 1.807) is 18.3 Å². The molecule has 3 N–H and O–H groups in total. The molecular weight excluding hydrogens is 375 g/mol. The van der Waals surface area contributed by atoms with E-state index >= 15 is 0 Å². The molecule has 0 aliphatic carbocycles. The number of hydrogen-bond donors (Lipinski definition) is 3. The molecule has 29 heavy (non-hydrogen) atoms. The molecular formula is C21H23FN4O3. The number of hydrogen-bond acceptors (Lipinski definition) is 5. The van der Waals surface area contributed by atoms with E-state index in [2.05, 4.69) is 10.3 Å². The Kier molecular flexibility index (Phi) is 5.31. The van der Waals surface area contributed by atoms with Crippen molar-refractivity contribution in [3.8, 4) is 0 Å². The van der Waals surface area contributed by atoms with Gasteiger partial charge in [-0.3, -0.25) is 10.0 Å². The summed E-state index contributed by atoms with van der Waals surface area (Å²) >= 11 is 0. The van der Waals surface area contributed by atoms with Gasteiger partial charge in [-0.15, -0.1) is 0 Å². The fourth-order valence-corrected chi connectivity index (χ4v) is 3.71. The van der Waals surface area contributed by atoms with Gasteiger partial charge in [0.25, 0.3) is 5.91 Å². The van der Waals surface area contributed by atoms with Crippen LogP contribution in [0.4, 0.5) is 4.39 Å². The van der Waals surface area contributed by atoms with Crippen LogP contribution < -0.4 is 5.32 Å². The van der Waals surface area contributed by atoms with Crippen LogP contribution in [0.5, 0.6) is 0 Å². The van der Waals surface area contributed by atoms with E-state index in [0.717, 1.165) is 27.6 Å². The van der Waals surface area contributed by atoms with Gasteiger partial charge in [-0.2, -0.15) is 0 Å². The molecule has 2 aromatic heterocycles. The van der Waals surface area contributed by atoms with Crippen molar-refractivity contribution < 1.29 is 19.5 Å². The van der Waals surface area contributed by atoms with Gasteiger partial charge >= 0.3 is 0 Å². The van der Waals surface area contributed by atoms with E-state index in [0.29, 0.717) is 24.6 Å². The number of hydroxylamine groups is 2. The number of rotatable bonds is 6. The third-order valence-electron chi connectivity index (χ3n) is 5.29. The minimum atomic E-state index is -0.498. The molecule has 1 aliphatic heterocycles. The molecule has 0 saturated carbocycles. The fraction of sp³-hybridized carbons (Fsp3) is 0.333. The highest BCUT2D eigenvalue weighted by atomic mass is 19.1. The van der Waals surface area contributed by atoms with Gasteiger partial charge in [-0.25, -0.2) is 14.4 Å². The topological polar surface area (TPSA) is 90.6 Å². The maximum Gasteiger partial charge on any atom is 0.296 e. The number of nitrogens with one attached hydrogen (secondary N) is 1. The third kappa shape index (κ3) is 3.74. The molecule has 1 aliphatic rings. The second kappa shape index (κ2) is 7.90. The van der Waals surface area contributed by atoms with Crippen molar-refractivity contribution in [1.82, 2.24) is 19.9 Å². The molecule has 0 unspecified atom stereocenters. The number of halogens is 1. The molecule has 1 aromatic carbocycles. The van der Waals surface area contributed by atoms with Crippen molar-refractivity contribution in [3.63, 3.8) is 0 Å². The van der Waals surface area contributed by atoms with Crippen molar-refractivity contribution in [3.05, 3.63) is 64.9 Å². The van der Waals surface area contributed by atoms with E-state index in [1.165, 1.54) is 12.1 Å². The minimum Gasteiger partial charge on any atom is -0.395 e. The van der Waals surface area contributed by atoms with Crippen molar-refractivity contribution >= 4 is 16.8 Å². The zero-order valence-corrected chi connectivity index (χ0v) is 16.1. The highest BCUT2D eigenvalue weighted by molar-refractivity contribution is 6.00. The van der Waals surface area contributed by atoms with Crippen molar-refractivity contribution in [2.45, 2.75) is 32.5 Å². The maximum atomic E-state index is 13.2. The molecule has 3 aromatic rings. The zero-order chi connectivity index (χ0) is 20.5. The Morgan fingerprint density at radius 2 is 2.07 bits per heavy atom. The van der Waals surface area contributed by atoms with Gasteiger partial charge in [0.05, 0.1) is 24.9 Å². The summed E-state index contributed by atoms with van der Waals surface area (Å²) in [6, 6.07) is 6.28. The number of carbonyl (C=O) groups excluding carboxylic acids is 1. The lowest BCUT2D eigenvalue weighted by Crippen LogP contribution is -2.35. The van der Waals surface area contributed by atoms with Crippen LogP contribution >= 0.6 is 0 Å². The van der Waals surface area contributed by atoms with E-state index in [-0.39, 0.29) is 30.7 Å². The number of aliphatic hydroxyl groups is 1. The van der Waals surface area contributed by atoms with E-state index in [9.17, 15) is 19.5 Å². The van der Waals surface area contributed by atoms with Gasteiger partial charge in [-0.05, 0) is 42.2 Å². The summed E-state index contributed by atoms with van der Waals surface area (Å²) in [6.45, 7) is 3.18. The lowest BCUT2D eigenvalue weighted by Gasteiger charge is -2.23. The molecule has 8 heteroatoms. The van der Waals surface area contributed by atoms with Gasteiger partial charge < -0.3 is 15.0 Å². The first-order valence-corrected chi connectivity index (χ1v) is 9.57. The number of aliphatic hydroxyl groups excluding tert-OH is 1. The average molecular weight is 398 g/mol. The molecule has 0 spiro atoms. The van der Waals surface area contributed by atoms with Crippen LogP contribution in [0.15, 0.2) is 36.7 Å². The first-order valence-electron chi connectivity index (χ1n) is 9.57. The van der Waals surface area contributed by atoms with Gasteiger partial charge in [-0.1, -0.05) is 12.1 Å². The molecule has 3 heterocycles. The summed E-state index contributed by atoms with van der Waals surface area (Å²) in [4.78, 5) is 16.7. The number of carbonyl (C=O) groups is 1. The largest absolute Gasteiger partial charge is 0.395 e. The van der Waals surface area contributed by atoms with Crippen LogP contribution in [-0.2, 0) is 19.5 Å². The second-order valence-electron chi connectivity index (χ2n) is 7.40. The van der Waals surface area contributed by atoms with Crippen LogP contribution in [-0.4, -0.2) is 50.0 Å². The summed E-state index contributed by atoms with van der Waals surface area (Å²) in [5.41, 5.74) is 3.90. The monoisotopic (exact) mass is 398 g/mol. The molecule has 4 rings (SSSR count). The molecule has 1 atom stereocenters. The van der Waals surface area contributed by atoms with Crippen LogP contribution in [0.1, 0.15) is 34.1 Å². The summed E-state index contributed by atoms with van der Waals surface area (Å²) < 4.78 is 15.3. The third-order valence-corrected chi connectivity index (χ3v) is 5.29. The number of aromatic nitrogens is 2. The number of fused-ring (bicyclic) bond motifs is 3. The van der Waals surface area contributed by atoms with Crippen LogP contribution in [0.25, 0.3) is 10.9 Å². The van der Waals surface area contributed by atoms with E-state index < -0.39 is 5.91 Å². The Balaban J connectivity index is 1.80. The number of pyridine rings is 1. The van der Waals surface area contributed by atoms with Gasteiger partial charge in [0.2, 0.25) is 0 Å². The van der Waals surface area contributed by atoms with Crippen molar-refractivity contribution in [1.29, 1.82) is 0 Å². The fourth-order valence-electron chi connectivity index (χ4n) is 3.71. The maximum absolute atomic E-state index is 13.2. The highest BCUT2D eigenvalue weighted by Gasteiger charge is 2.28. The number of benzene rings is 1. The molecule has 0 fully saturated rings. The predicted molar refractivity (Wildman–Crippen MR) is 105 cm³/mol. The summed E-state index contributed by atoms with van der Waals surface area (Å²) in [5.74, 6) is -0.779. The normalized spacial score (nSPS) is 15.0. The van der Waals surface area contributed by atoms with Gasteiger partial charge in [0, 0.05) is 30.7 Å². The van der Waals surface area contributed by atoms with Gasteiger partial charge in [0.1, 0.15) is 11.5 Å². The molecule has 1 amide bonds. The molecule has 0 radical (unpaired) electrons. The standard InChI is InChI=1S/C21H23FN4O3/c1-13(12-27)23-8-15-11-25(10-14-2-4-16(22)5-3-14)18-9-24-20-17(19(15)18)6-7-26(29)21(20)28/h2-5,9,11,13,23,27,29H,6-8,10,12H2,1H3/t13-/m1/s1. The lowest BCUT2D eigenvalue weighted by atomic mass is 9.99. The van der Waals surface area contributed by atoms with E-state index in [4.69, 9.17) is 0 Å². The molecule has 0 bridgehead atoms. The lowest BCUT2D eigenvalue weighted by molar-refractivity contribution is -0.0606. The van der Waals surface area contributed by atoms with Crippen molar-refractivity contribution in [2.75, 3.05) is 13.2 Å². The average Bonchev–Trinajstić information content (AvgIpc) is 3.08. The quantitative estimate of drug-likeness (QED) is 0.553. The Bertz CT molecular complexity index is 1050. The van der Waals surface area contributed by atoms with Crippen LogP contribution in [0, 0.1) is 5.82 Å². The first-order chi connectivity index (χ1) is 14.0. The highest BCUT2D eigenvalue weighted by Crippen LogP contribution is 2.30. The SMILES string of the molecule is C[C@H](CO)NCc1cn(Cc2ccc(F)cc2)c2cnc3c(c12)CCN(O)C3=O. The number of amides is 1. The van der Waals surface area contributed by atoms with E-state index in [1.807, 2.05) is 17.7 Å². The smallest absolute Gasteiger partial charge is 0.296 e. The van der Waals surface area contributed by atoms with Crippen LogP contribution in [0.2, 0.25) is 0 Å². The Labute approximate surface area is 167 Å². The molecule has 152 valence electrons. The van der Waals surface area contributed by atoms with Crippen molar-refractivity contribution in [2.24, 2.45) is 0 Å². The molecule has 0 saturated heterocycles. The number of nitrogens with zero attached hydrogens (tertiary/aromatic N) is 3. The van der Waals surface area contributed by atoms with Crippen LogP contribution in [0.3, 0.4) is 0 Å². The zero-order valence-electron chi connectivity index (χ0n) is 16.1. The predicted octanol–water partition coefficient (Wildman–Crippen LogP) is 2.08. The second-order valence-corrected chi connectivity index (χ2v) is 7.40. The summed E-state index contributed by atoms with van der Waals surface area (Å²) in [7, 11) is 0. The summed E-state index contributed by atoms with van der Waals surface area (Å²) in [6.07, 6.45) is 4.15. The first kappa shape index (κ1) is 19.5. The minimum absolute atomic E-state index is 0.0197.